The molecule has 0 amide bonds. The van der Waals surface area contributed by atoms with Crippen LogP contribution in [0.15, 0.2) is 10.5 Å². The summed E-state index contributed by atoms with van der Waals surface area (Å²) in [4.78, 5) is 0. The van der Waals surface area contributed by atoms with Crippen LogP contribution in [0.4, 0.5) is 0 Å². The number of aryl methyl sites for hydroxylation is 4. The molecule has 0 aliphatic heterocycles. The molecular weight excluding hydrogens is 198 g/mol. The van der Waals surface area contributed by atoms with Gasteiger partial charge in [0.2, 0.25) is 0 Å². The fourth-order valence-corrected chi connectivity index (χ4v) is 2.42. The molecule has 2 rings (SSSR count). The third-order valence-corrected chi connectivity index (χ3v) is 3.39. The van der Waals surface area contributed by atoms with Crippen molar-refractivity contribution in [2.45, 2.75) is 40.7 Å². The third-order valence-electron chi connectivity index (χ3n) is 3.39. The Morgan fingerprint density at radius 1 is 1.19 bits per heavy atom. The molecule has 86 valence electrons. The Kier molecular flexibility index (Phi) is 2.76. The monoisotopic (exact) mass is 217 g/mol. The predicted molar refractivity (Wildman–Crippen MR) is 67.7 cm³/mol. The fourth-order valence-electron chi connectivity index (χ4n) is 2.42. The van der Waals surface area contributed by atoms with Crippen LogP contribution < -0.4 is 5.73 Å². The summed E-state index contributed by atoms with van der Waals surface area (Å²) in [6, 6.07) is 2.23. The van der Waals surface area contributed by atoms with Crippen LogP contribution in [0.1, 0.15) is 34.9 Å². The summed E-state index contributed by atoms with van der Waals surface area (Å²) in [6.07, 6.45) is 0.975. The van der Waals surface area contributed by atoms with Crippen LogP contribution >= 0.6 is 0 Å². The molecule has 0 unspecified atom stereocenters. The molecule has 0 saturated carbocycles. The van der Waals surface area contributed by atoms with Gasteiger partial charge in [0.15, 0.2) is 0 Å². The van der Waals surface area contributed by atoms with E-state index in [2.05, 4.69) is 33.8 Å². The SMILES string of the molecule is CCc1c(CN)oc2c(C)c(C)cc(C)c12. The average molecular weight is 217 g/mol. The number of benzene rings is 1. The van der Waals surface area contributed by atoms with Gasteiger partial charge in [0, 0.05) is 10.9 Å². The zero-order chi connectivity index (χ0) is 11.9. The molecule has 0 atom stereocenters. The molecule has 0 aliphatic rings. The van der Waals surface area contributed by atoms with Crippen molar-refractivity contribution in [2.24, 2.45) is 5.73 Å². The molecule has 1 aromatic heterocycles. The lowest BCUT2D eigenvalue weighted by Crippen LogP contribution is -1.97. The zero-order valence-electron chi connectivity index (χ0n) is 10.5. The standard InChI is InChI=1S/C14H19NO/c1-5-11-12(7-15)16-14-10(4)8(2)6-9(3)13(11)14/h6H,5,7,15H2,1-4H3. The molecule has 0 bridgehead atoms. The molecule has 0 fully saturated rings. The second-order valence-electron chi connectivity index (χ2n) is 4.40. The minimum absolute atomic E-state index is 0.482. The van der Waals surface area contributed by atoms with Gasteiger partial charge in [0.1, 0.15) is 11.3 Å². The lowest BCUT2D eigenvalue weighted by Gasteiger charge is -2.04. The number of furan rings is 1. The van der Waals surface area contributed by atoms with Crippen LogP contribution in [0.2, 0.25) is 0 Å². The second-order valence-corrected chi connectivity index (χ2v) is 4.40. The predicted octanol–water partition coefficient (Wildman–Crippen LogP) is 3.38. The molecule has 1 aromatic carbocycles. The zero-order valence-corrected chi connectivity index (χ0v) is 10.5. The second kappa shape index (κ2) is 3.95. The van der Waals surface area contributed by atoms with Gasteiger partial charge in [-0.1, -0.05) is 13.0 Å². The maximum Gasteiger partial charge on any atom is 0.138 e. The van der Waals surface area contributed by atoms with Crippen LogP contribution in [-0.2, 0) is 13.0 Å². The highest BCUT2D eigenvalue weighted by atomic mass is 16.3. The molecule has 16 heavy (non-hydrogen) atoms. The minimum atomic E-state index is 0.482. The first-order valence-electron chi connectivity index (χ1n) is 5.81. The van der Waals surface area contributed by atoms with Gasteiger partial charge >= 0.3 is 0 Å². The summed E-state index contributed by atoms with van der Waals surface area (Å²) < 4.78 is 5.91. The van der Waals surface area contributed by atoms with Crippen molar-refractivity contribution in [3.05, 3.63) is 34.1 Å². The fraction of sp³-hybridized carbons (Fsp3) is 0.429. The Bertz CT molecular complexity index is 537. The smallest absolute Gasteiger partial charge is 0.138 e. The largest absolute Gasteiger partial charge is 0.459 e. The van der Waals surface area contributed by atoms with E-state index in [4.69, 9.17) is 10.2 Å². The van der Waals surface area contributed by atoms with Crippen molar-refractivity contribution in [3.63, 3.8) is 0 Å². The summed E-state index contributed by atoms with van der Waals surface area (Å²) in [7, 11) is 0. The molecule has 1 heterocycles. The van der Waals surface area contributed by atoms with Crippen LogP contribution in [0.5, 0.6) is 0 Å². The van der Waals surface area contributed by atoms with Gasteiger partial charge in [-0.3, -0.25) is 0 Å². The van der Waals surface area contributed by atoms with Crippen molar-refractivity contribution >= 4 is 11.0 Å². The number of rotatable bonds is 2. The van der Waals surface area contributed by atoms with E-state index in [1.165, 1.54) is 27.6 Å². The van der Waals surface area contributed by atoms with Gasteiger partial charge in [-0.2, -0.15) is 0 Å². The third kappa shape index (κ3) is 1.45. The molecule has 2 N–H and O–H groups in total. The van der Waals surface area contributed by atoms with E-state index in [1.54, 1.807) is 0 Å². The molecule has 2 aromatic rings. The van der Waals surface area contributed by atoms with Crippen molar-refractivity contribution < 1.29 is 4.42 Å². The highest BCUT2D eigenvalue weighted by molar-refractivity contribution is 5.89. The van der Waals surface area contributed by atoms with E-state index in [-0.39, 0.29) is 0 Å². The Hall–Kier alpha value is -1.28. The number of fused-ring (bicyclic) bond motifs is 1. The van der Waals surface area contributed by atoms with Crippen molar-refractivity contribution in [2.75, 3.05) is 0 Å². The van der Waals surface area contributed by atoms with Crippen LogP contribution in [0, 0.1) is 20.8 Å². The average Bonchev–Trinajstić information content (AvgIpc) is 2.64. The van der Waals surface area contributed by atoms with E-state index in [0.29, 0.717) is 6.54 Å². The first-order valence-corrected chi connectivity index (χ1v) is 5.81. The van der Waals surface area contributed by atoms with Gasteiger partial charge in [0.25, 0.3) is 0 Å². The van der Waals surface area contributed by atoms with Gasteiger partial charge in [-0.25, -0.2) is 0 Å². The Labute approximate surface area is 96.4 Å². The number of hydrogen-bond acceptors (Lipinski definition) is 2. The van der Waals surface area contributed by atoms with Gasteiger partial charge in [0.05, 0.1) is 6.54 Å². The van der Waals surface area contributed by atoms with Crippen LogP contribution in [0.25, 0.3) is 11.0 Å². The van der Waals surface area contributed by atoms with E-state index >= 15 is 0 Å². The van der Waals surface area contributed by atoms with Gasteiger partial charge < -0.3 is 10.2 Å². The lowest BCUT2D eigenvalue weighted by atomic mass is 9.98. The maximum atomic E-state index is 5.91. The van der Waals surface area contributed by atoms with Gasteiger partial charge in [-0.15, -0.1) is 0 Å². The van der Waals surface area contributed by atoms with E-state index in [9.17, 15) is 0 Å². The quantitative estimate of drug-likeness (QED) is 0.837. The van der Waals surface area contributed by atoms with E-state index < -0.39 is 0 Å². The molecule has 0 aliphatic carbocycles. The Morgan fingerprint density at radius 2 is 1.88 bits per heavy atom. The molecule has 0 spiro atoms. The molecular formula is C14H19NO. The summed E-state index contributed by atoms with van der Waals surface area (Å²) in [5.74, 6) is 0.939. The van der Waals surface area contributed by atoms with Crippen LogP contribution in [-0.4, -0.2) is 0 Å². The number of nitrogens with two attached hydrogens (primary N) is 1. The maximum absolute atomic E-state index is 5.91. The highest BCUT2D eigenvalue weighted by Crippen LogP contribution is 2.33. The van der Waals surface area contributed by atoms with Crippen molar-refractivity contribution in [1.82, 2.24) is 0 Å². The van der Waals surface area contributed by atoms with Crippen molar-refractivity contribution in [3.8, 4) is 0 Å². The molecule has 2 heteroatoms. The normalized spacial score (nSPS) is 11.3. The summed E-state index contributed by atoms with van der Waals surface area (Å²) >= 11 is 0. The van der Waals surface area contributed by atoms with E-state index in [1.807, 2.05) is 0 Å². The summed E-state index contributed by atoms with van der Waals surface area (Å²) in [5, 5.41) is 1.27. The van der Waals surface area contributed by atoms with E-state index in [0.717, 1.165) is 17.8 Å². The molecule has 2 nitrogen and oxygen atoms in total. The first kappa shape index (κ1) is 11.2. The number of hydrogen-bond donors (Lipinski definition) is 1. The Balaban J connectivity index is 2.91. The minimum Gasteiger partial charge on any atom is -0.459 e. The summed E-state index contributed by atoms with van der Waals surface area (Å²) in [6.45, 7) is 9.01. The van der Waals surface area contributed by atoms with Crippen molar-refractivity contribution in [1.29, 1.82) is 0 Å². The highest BCUT2D eigenvalue weighted by Gasteiger charge is 2.16. The Morgan fingerprint density at radius 3 is 2.44 bits per heavy atom. The summed E-state index contributed by atoms with van der Waals surface area (Å²) in [5.41, 5.74) is 11.8. The lowest BCUT2D eigenvalue weighted by molar-refractivity contribution is 0.544. The molecule has 0 saturated heterocycles. The molecule has 0 radical (unpaired) electrons. The van der Waals surface area contributed by atoms with Crippen LogP contribution in [0.3, 0.4) is 0 Å². The van der Waals surface area contributed by atoms with Gasteiger partial charge in [-0.05, 0) is 43.9 Å². The first-order chi connectivity index (χ1) is 7.60. The topological polar surface area (TPSA) is 39.2 Å².